The van der Waals surface area contributed by atoms with Crippen molar-refractivity contribution in [1.29, 1.82) is 0 Å². The van der Waals surface area contributed by atoms with Gasteiger partial charge >= 0.3 is 0 Å². The van der Waals surface area contributed by atoms with Gasteiger partial charge < -0.3 is 5.73 Å². The number of nitrogen functional groups attached to an aromatic ring is 1. The third-order valence-corrected chi connectivity index (χ3v) is 1.90. The first kappa shape index (κ1) is 7.23. The molecular formula is C6H7N5S. The number of hydrogen-bond donors (Lipinski definition) is 1. The molecule has 62 valence electrons. The smallest absolute Gasteiger partial charge is 0.0957 e. The van der Waals surface area contributed by atoms with Crippen LogP contribution in [0.1, 0.15) is 5.69 Å². The fourth-order valence-electron chi connectivity index (χ4n) is 0.886. The molecule has 0 fully saturated rings. The van der Waals surface area contributed by atoms with E-state index in [1.165, 1.54) is 11.7 Å². The number of nitrogens with zero attached hydrogens (tertiary/aromatic N) is 4. The molecule has 0 aliphatic carbocycles. The molecule has 0 saturated heterocycles. The Kier molecular flexibility index (Phi) is 1.75. The van der Waals surface area contributed by atoms with Crippen LogP contribution in [-0.4, -0.2) is 18.5 Å². The number of hydrogen-bond acceptors (Lipinski definition) is 5. The Morgan fingerprint density at radius 3 is 3.00 bits per heavy atom. The number of nitrogens with two attached hydrogens (primary N) is 1. The Morgan fingerprint density at radius 1 is 1.50 bits per heavy atom. The number of aromatic nitrogens is 4. The van der Waals surface area contributed by atoms with Crippen molar-refractivity contribution >= 4 is 17.4 Å². The van der Waals surface area contributed by atoms with Crippen LogP contribution < -0.4 is 5.73 Å². The molecule has 2 aromatic heterocycles. The second kappa shape index (κ2) is 2.90. The molecule has 0 atom stereocenters. The zero-order valence-electron chi connectivity index (χ0n) is 6.21. The lowest BCUT2D eigenvalue weighted by Crippen LogP contribution is -1.99. The highest BCUT2D eigenvalue weighted by Crippen LogP contribution is 2.02. The van der Waals surface area contributed by atoms with Gasteiger partial charge in [0.2, 0.25) is 0 Å². The van der Waals surface area contributed by atoms with Crippen molar-refractivity contribution in [3.8, 4) is 0 Å². The summed E-state index contributed by atoms with van der Waals surface area (Å²) in [6.45, 7) is 0.633. The van der Waals surface area contributed by atoms with Crippen molar-refractivity contribution < 1.29 is 0 Å². The van der Waals surface area contributed by atoms with Gasteiger partial charge in [-0.25, -0.2) is 0 Å². The Hall–Kier alpha value is -1.43. The molecule has 0 saturated carbocycles. The fourth-order valence-corrected chi connectivity index (χ4v) is 1.31. The van der Waals surface area contributed by atoms with Gasteiger partial charge in [-0.1, -0.05) is 0 Å². The minimum absolute atomic E-state index is 0.633. The van der Waals surface area contributed by atoms with Gasteiger partial charge in [-0.05, 0) is 0 Å². The standard InChI is InChI=1S/C6H7N5S/c7-5-1-8-11(3-5)4-6-2-9-12-10-6/h1-3H,4,7H2. The van der Waals surface area contributed by atoms with Gasteiger partial charge in [0.25, 0.3) is 0 Å². The molecule has 0 aliphatic heterocycles. The lowest BCUT2D eigenvalue weighted by Gasteiger charge is -1.94. The molecular weight excluding hydrogens is 174 g/mol. The van der Waals surface area contributed by atoms with Crippen LogP contribution in [0, 0.1) is 0 Å². The van der Waals surface area contributed by atoms with E-state index in [0.717, 1.165) is 5.69 Å². The SMILES string of the molecule is Nc1cnn(Cc2cnsn2)c1. The maximum absolute atomic E-state index is 5.49. The van der Waals surface area contributed by atoms with E-state index >= 15 is 0 Å². The van der Waals surface area contributed by atoms with Crippen molar-refractivity contribution in [1.82, 2.24) is 18.5 Å². The Balaban J connectivity index is 2.14. The molecule has 6 heteroatoms. The third-order valence-electron chi connectivity index (χ3n) is 1.38. The monoisotopic (exact) mass is 181 g/mol. The van der Waals surface area contributed by atoms with Gasteiger partial charge in [0.15, 0.2) is 0 Å². The van der Waals surface area contributed by atoms with E-state index in [0.29, 0.717) is 12.2 Å². The Labute approximate surface area is 73.2 Å². The number of rotatable bonds is 2. The van der Waals surface area contributed by atoms with Gasteiger partial charge in [0.1, 0.15) is 0 Å². The number of anilines is 1. The van der Waals surface area contributed by atoms with E-state index in [1.807, 2.05) is 0 Å². The normalized spacial score (nSPS) is 10.3. The molecule has 2 heterocycles. The first-order chi connectivity index (χ1) is 5.84. The molecule has 0 unspecified atom stereocenters. The van der Waals surface area contributed by atoms with E-state index in [2.05, 4.69) is 13.8 Å². The molecule has 0 spiro atoms. The largest absolute Gasteiger partial charge is 0.396 e. The Morgan fingerprint density at radius 2 is 2.42 bits per heavy atom. The molecule has 0 bridgehead atoms. The second-order valence-electron chi connectivity index (χ2n) is 2.37. The van der Waals surface area contributed by atoms with Crippen molar-refractivity contribution in [2.24, 2.45) is 0 Å². The minimum Gasteiger partial charge on any atom is -0.396 e. The summed E-state index contributed by atoms with van der Waals surface area (Å²) in [5.74, 6) is 0. The minimum atomic E-state index is 0.633. The van der Waals surface area contributed by atoms with E-state index < -0.39 is 0 Å². The van der Waals surface area contributed by atoms with Crippen molar-refractivity contribution in [2.75, 3.05) is 5.73 Å². The highest BCUT2D eigenvalue weighted by molar-refractivity contribution is 6.99. The molecule has 2 aromatic rings. The molecule has 2 rings (SSSR count). The van der Waals surface area contributed by atoms with Crippen molar-refractivity contribution in [3.05, 3.63) is 24.3 Å². The lowest BCUT2D eigenvalue weighted by molar-refractivity contribution is 0.677. The summed E-state index contributed by atoms with van der Waals surface area (Å²) < 4.78 is 9.66. The van der Waals surface area contributed by atoms with Crippen LogP contribution in [0.25, 0.3) is 0 Å². The van der Waals surface area contributed by atoms with E-state index in [9.17, 15) is 0 Å². The van der Waals surface area contributed by atoms with Gasteiger partial charge in [-0.2, -0.15) is 13.8 Å². The van der Waals surface area contributed by atoms with Crippen LogP contribution >= 0.6 is 11.7 Å². The predicted octanol–water partition coefficient (Wildman–Crippen LogP) is 0.365. The molecule has 0 amide bonds. The maximum Gasteiger partial charge on any atom is 0.0957 e. The second-order valence-corrected chi connectivity index (χ2v) is 2.93. The Bertz CT molecular complexity index is 352. The highest BCUT2D eigenvalue weighted by Gasteiger charge is 1.98. The topological polar surface area (TPSA) is 69.6 Å². The zero-order valence-corrected chi connectivity index (χ0v) is 7.03. The van der Waals surface area contributed by atoms with Crippen LogP contribution in [0.5, 0.6) is 0 Å². The molecule has 2 N–H and O–H groups in total. The van der Waals surface area contributed by atoms with E-state index in [-0.39, 0.29) is 0 Å². The van der Waals surface area contributed by atoms with Crippen LogP contribution in [0.4, 0.5) is 5.69 Å². The van der Waals surface area contributed by atoms with Gasteiger partial charge in [0.05, 0.1) is 42.0 Å². The summed E-state index contributed by atoms with van der Waals surface area (Å²) in [5.41, 5.74) is 7.06. The van der Waals surface area contributed by atoms with Crippen molar-refractivity contribution in [2.45, 2.75) is 6.54 Å². The van der Waals surface area contributed by atoms with Crippen molar-refractivity contribution in [3.63, 3.8) is 0 Å². The average Bonchev–Trinajstić information content (AvgIpc) is 2.63. The summed E-state index contributed by atoms with van der Waals surface area (Å²) in [5, 5.41) is 4.02. The summed E-state index contributed by atoms with van der Waals surface area (Å²) in [4.78, 5) is 0. The summed E-state index contributed by atoms with van der Waals surface area (Å²) in [6.07, 6.45) is 5.10. The molecule has 0 radical (unpaired) electrons. The quantitative estimate of drug-likeness (QED) is 0.726. The first-order valence-electron chi connectivity index (χ1n) is 3.39. The third kappa shape index (κ3) is 1.42. The molecule has 0 aromatic carbocycles. The van der Waals surface area contributed by atoms with E-state index in [4.69, 9.17) is 5.73 Å². The molecule has 0 aliphatic rings. The molecule has 5 nitrogen and oxygen atoms in total. The van der Waals surface area contributed by atoms with Gasteiger partial charge in [-0.3, -0.25) is 4.68 Å². The van der Waals surface area contributed by atoms with E-state index in [1.54, 1.807) is 23.3 Å². The van der Waals surface area contributed by atoms with Crippen LogP contribution in [0.3, 0.4) is 0 Å². The highest BCUT2D eigenvalue weighted by atomic mass is 32.1. The van der Waals surface area contributed by atoms with Gasteiger partial charge in [0, 0.05) is 6.20 Å². The predicted molar refractivity (Wildman–Crippen MR) is 45.7 cm³/mol. The summed E-state index contributed by atoms with van der Waals surface area (Å²) in [6, 6.07) is 0. The fraction of sp³-hybridized carbons (Fsp3) is 0.167. The van der Waals surface area contributed by atoms with Gasteiger partial charge in [-0.15, -0.1) is 0 Å². The van der Waals surface area contributed by atoms with Crippen LogP contribution in [0.2, 0.25) is 0 Å². The molecule has 12 heavy (non-hydrogen) atoms. The first-order valence-corrected chi connectivity index (χ1v) is 4.12. The summed E-state index contributed by atoms with van der Waals surface area (Å²) in [7, 11) is 0. The zero-order chi connectivity index (χ0) is 8.39. The lowest BCUT2D eigenvalue weighted by atomic mass is 10.5. The average molecular weight is 181 g/mol. The van der Waals surface area contributed by atoms with Crippen LogP contribution in [-0.2, 0) is 6.54 Å². The summed E-state index contributed by atoms with van der Waals surface area (Å²) >= 11 is 1.19. The van der Waals surface area contributed by atoms with Crippen LogP contribution in [0.15, 0.2) is 18.6 Å². The maximum atomic E-state index is 5.49.